The summed E-state index contributed by atoms with van der Waals surface area (Å²) in [6, 6.07) is 15.8. The Morgan fingerprint density at radius 3 is 2.58 bits per heavy atom. The Bertz CT molecular complexity index is 1210. The molecule has 4 aromatic rings. The zero-order valence-corrected chi connectivity index (χ0v) is 18.8. The molecular weight excluding hydrogens is 428 g/mol. The third-order valence-corrected chi connectivity index (χ3v) is 7.66. The first-order valence-electron chi connectivity index (χ1n) is 10.5. The Labute approximate surface area is 188 Å². The van der Waals surface area contributed by atoms with E-state index in [1.807, 2.05) is 47.0 Å². The zero-order valence-electron chi connectivity index (χ0n) is 17.2. The maximum atomic E-state index is 13.2. The molecule has 0 amide bonds. The standard InChI is InChI=1S/C23H24N4O2S2/c28-22-17-6-1-2-7-18(17)25-23(27(22)11-5-10-26-12-14-29-15-13-26)30-16-21-24-19-8-3-4-9-20(19)31-21/h1-4,6-9H,5,10-16H2. The Hall–Kier alpha value is -2.26. The minimum Gasteiger partial charge on any atom is -0.379 e. The predicted octanol–water partition coefficient (Wildman–Crippen LogP) is 4.02. The molecule has 2 aromatic heterocycles. The highest BCUT2D eigenvalue weighted by Gasteiger charge is 2.14. The number of aromatic nitrogens is 3. The van der Waals surface area contributed by atoms with Crippen molar-refractivity contribution >= 4 is 44.2 Å². The van der Waals surface area contributed by atoms with Crippen molar-refractivity contribution in [3.05, 3.63) is 63.9 Å². The van der Waals surface area contributed by atoms with Gasteiger partial charge in [-0.15, -0.1) is 11.3 Å². The number of hydrogen-bond acceptors (Lipinski definition) is 7. The lowest BCUT2D eigenvalue weighted by Crippen LogP contribution is -2.37. The van der Waals surface area contributed by atoms with Gasteiger partial charge in [0.1, 0.15) is 5.01 Å². The van der Waals surface area contributed by atoms with Crippen LogP contribution in [-0.2, 0) is 17.0 Å². The van der Waals surface area contributed by atoms with Gasteiger partial charge in [-0.25, -0.2) is 9.97 Å². The maximum absolute atomic E-state index is 13.2. The second-order valence-electron chi connectivity index (χ2n) is 7.54. The summed E-state index contributed by atoms with van der Waals surface area (Å²) in [5.74, 6) is 0.702. The van der Waals surface area contributed by atoms with Crippen LogP contribution in [0.4, 0.5) is 0 Å². The number of ether oxygens (including phenoxy) is 1. The van der Waals surface area contributed by atoms with E-state index < -0.39 is 0 Å². The molecule has 0 unspecified atom stereocenters. The maximum Gasteiger partial charge on any atom is 0.262 e. The molecule has 2 aromatic carbocycles. The quantitative estimate of drug-likeness (QED) is 0.312. The van der Waals surface area contributed by atoms with Gasteiger partial charge in [-0.3, -0.25) is 14.3 Å². The average molecular weight is 453 g/mol. The fraction of sp³-hybridized carbons (Fsp3) is 0.348. The lowest BCUT2D eigenvalue weighted by Gasteiger charge is -2.26. The van der Waals surface area contributed by atoms with Crippen molar-refractivity contribution in [2.24, 2.45) is 0 Å². The van der Waals surface area contributed by atoms with Crippen LogP contribution in [0.25, 0.3) is 21.1 Å². The van der Waals surface area contributed by atoms with Crippen LogP contribution >= 0.6 is 23.1 Å². The van der Waals surface area contributed by atoms with E-state index in [-0.39, 0.29) is 5.56 Å². The van der Waals surface area contributed by atoms with Crippen LogP contribution < -0.4 is 5.56 Å². The van der Waals surface area contributed by atoms with Crippen molar-refractivity contribution in [3.8, 4) is 0 Å². The van der Waals surface area contributed by atoms with Crippen LogP contribution in [0.3, 0.4) is 0 Å². The molecule has 0 N–H and O–H groups in total. The summed E-state index contributed by atoms with van der Waals surface area (Å²) in [7, 11) is 0. The number of fused-ring (bicyclic) bond motifs is 2. The van der Waals surface area contributed by atoms with Crippen LogP contribution in [0.2, 0.25) is 0 Å². The monoisotopic (exact) mass is 452 g/mol. The second kappa shape index (κ2) is 9.48. The molecule has 1 saturated heterocycles. The highest BCUT2D eigenvalue weighted by atomic mass is 32.2. The molecule has 5 rings (SSSR count). The molecule has 0 aliphatic carbocycles. The zero-order chi connectivity index (χ0) is 21.0. The van der Waals surface area contributed by atoms with Crippen LogP contribution in [0, 0.1) is 0 Å². The van der Waals surface area contributed by atoms with Gasteiger partial charge < -0.3 is 4.74 Å². The molecule has 0 radical (unpaired) electrons. The highest BCUT2D eigenvalue weighted by molar-refractivity contribution is 7.98. The van der Waals surface area contributed by atoms with E-state index >= 15 is 0 Å². The molecule has 0 spiro atoms. The van der Waals surface area contributed by atoms with E-state index in [0.29, 0.717) is 17.7 Å². The van der Waals surface area contributed by atoms with Crippen LogP contribution in [0.15, 0.2) is 58.5 Å². The van der Waals surface area contributed by atoms with Crippen molar-refractivity contribution in [3.63, 3.8) is 0 Å². The lowest BCUT2D eigenvalue weighted by atomic mass is 10.2. The van der Waals surface area contributed by atoms with Crippen molar-refractivity contribution < 1.29 is 4.74 Å². The number of para-hydroxylation sites is 2. The van der Waals surface area contributed by atoms with Gasteiger partial charge in [-0.2, -0.15) is 0 Å². The lowest BCUT2D eigenvalue weighted by molar-refractivity contribution is 0.0368. The van der Waals surface area contributed by atoms with E-state index in [1.165, 1.54) is 4.70 Å². The third kappa shape index (κ3) is 4.67. The summed E-state index contributed by atoms with van der Waals surface area (Å²) in [6.45, 7) is 5.14. The highest BCUT2D eigenvalue weighted by Crippen LogP contribution is 2.28. The van der Waals surface area contributed by atoms with E-state index in [4.69, 9.17) is 14.7 Å². The van der Waals surface area contributed by atoms with Gasteiger partial charge in [0.05, 0.1) is 40.1 Å². The summed E-state index contributed by atoms with van der Waals surface area (Å²) in [6.07, 6.45) is 0.911. The largest absolute Gasteiger partial charge is 0.379 e. The van der Waals surface area contributed by atoms with Crippen LogP contribution in [0.1, 0.15) is 11.4 Å². The van der Waals surface area contributed by atoms with Crippen molar-refractivity contribution in [2.75, 3.05) is 32.8 Å². The molecule has 8 heteroatoms. The molecule has 0 saturated carbocycles. The number of thioether (sulfide) groups is 1. The number of rotatable bonds is 7. The predicted molar refractivity (Wildman–Crippen MR) is 127 cm³/mol. The molecule has 6 nitrogen and oxygen atoms in total. The number of thiazole rings is 1. The first-order valence-corrected chi connectivity index (χ1v) is 12.3. The first kappa shape index (κ1) is 20.6. The Morgan fingerprint density at radius 2 is 1.74 bits per heavy atom. The minimum atomic E-state index is 0.0411. The Balaban J connectivity index is 1.38. The van der Waals surface area contributed by atoms with Gasteiger partial charge in [0.2, 0.25) is 0 Å². The Morgan fingerprint density at radius 1 is 0.968 bits per heavy atom. The van der Waals surface area contributed by atoms with Crippen molar-refractivity contribution in [2.45, 2.75) is 23.9 Å². The minimum absolute atomic E-state index is 0.0411. The molecule has 160 valence electrons. The van der Waals surface area contributed by atoms with E-state index in [9.17, 15) is 4.79 Å². The number of hydrogen-bond donors (Lipinski definition) is 0. The van der Waals surface area contributed by atoms with E-state index in [1.54, 1.807) is 23.1 Å². The fourth-order valence-corrected chi connectivity index (χ4v) is 5.83. The van der Waals surface area contributed by atoms with Gasteiger partial charge in [-0.1, -0.05) is 36.0 Å². The summed E-state index contributed by atoms with van der Waals surface area (Å²) in [5, 5.41) is 2.50. The van der Waals surface area contributed by atoms with E-state index in [2.05, 4.69) is 11.0 Å². The van der Waals surface area contributed by atoms with Gasteiger partial charge in [0.25, 0.3) is 5.56 Å². The second-order valence-corrected chi connectivity index (χ2v) is 9.60. The van der Waals surface area contributed by atoms with Crippen molar-refractivity contribution in [1.29, 1.82) is 0 Å². The van der Waals surface area contributed by atoms with Gasteiger partial charge in [0, 0.05) is 26.2 Å². The molecule has 1 aliphatic heterocycles. The molecular formula is C23H24N4O2S2. The van der Waals surface area contributed by atoms with Gasteiger partial charge in [0.15, 0.2) is 5.16 Å². The fourth-order valence-electron chi connectivity index (χ4n) is 3.84. The topological polar surface area (TPSA) is 60.2 Å². The summed E-state index contributed by atoms with van der Waals surface area (Å²) < 4.78 is 8.47. The molecule has 1 fully saturated rings. The number of morpholine rings is 1. The van der Waals surface area contributed by atoms with Crippen LogP contribution in [-0.4, -0.2) is 52.3 Å². The number of benzene rings is 2. The van der Waals surface area contributed by atoms with E-state index in [0.717, 1.165) is 60.5 Å². The summed E-state index contributed by atoms with van der Waals surface area (Å²) >= 11 is 3.30. The normalized spacial score (nSPS) is 15.1. The molecule has 1 aliphatic rings. The first-order chi connectivity index (χ1) is 15.3. The molecule has 0 bridgehead atoms. The van der Waals surface area contributed by atoms with Crippen molar-refractivity contribution in [1.82, 2.24) is 19.4 Å². The van der Waals surface area contributed by atoms with Gasteiger partial charge >= 0.3 is 0 Å². The molecule has 31 heavy (non-hydrogen) atoms. The van der Waals surface area contributed by atoms with Gasteiger partial charge in [-0.05, 0) is 30.7 Å². The summed E-state index contributed by atoms with van der Waals surface area (Å²) in [5.41, 5.74) is 1.82. The molecule has 0 atom stereocenters. The smallest absolute Gasteiger partial charge is 0.262 e. The SMILES string of the molecule is O=c1c2ccccc2nc(SCc2nc3ccccc3s2)n1CCCN1CCOCC1. The number of nitrogens with zero attached hydrogens (tertiary/aromatic N) is 4. The van der Waals surface area contributed by atoms with Crippen LogP contribution in [0.5, 0.6) is 0 Å². The summed E-state index contributed by atoms with van der Waals surface area (Å²) in [4.78, 5) is 25.2. The average Bonchev–Trinajstić information content (AvgIpc) is 3.23. The Kier molecular flexibility index (Phi) is 6.31. The third-order valence-electron chi connectivity index (χ3n) is 5.45. The molecule has 3 heterocycles.